The van der Waals surface area contributed by atoms with Gasteiger partial charge >= 0.3 is 0 Å². The summed E-state index contributed by atoms with van der Waals surface area (Å²) in [7, 11) is 0. The van der Waals surface area contributed by atoms with E-state index in [1.807, 2.05) is 0 Å². The monoisotopic (exact) mass is 277 g/mol. The third kappa shape index (κ3) is 2.35. The summed E-state index contributed by atoms with van der Waals surface area (Å²) in [6.07, 6.45) is 3.04. The summed E-state index contributed by atoms with van der Waals surface area (Å²) >= 11 is 0. The van der Waals surface area contributed by atoms with Crippen molar-refractivity contribution in [3.63, 3.8) is 0 Å². The van der Waals surface area contributed by atoms with Gasteiger partial charge in [-0.2, -0.15) is 5.10 Å². The minimum absolute atomic E-state index is 0.137. The van der Waals surface area contributed by atoms with Gasteiger partial charge in [0.1, 0.15) is 5.69 Å². The van der Waals surface area contributed by atoms with Crippen molar-refractivity contribution in [2.24, 2.45) is 5.92 Å². The number of likely N-dealkylation sites (tertiary alicyclic amines) is 1. The summed E-state index contributed by atoms with van der Waals surface area (Å²) in [6, 6.07) is 2.79. The van der Waals surface area contributed by atoms with Crippen molar-refractivity contribution < 1.29 is 9.53 Å². The van der Waals surface area contributed by atoms with E-state index >= 15 is 0 Å². The molecule has 0 aliphatic carbocycles. The zero-order valence-corrected chi connectivity index (χ0v) is 11.6. The van der Waals surface area contributed by atoms with E-state index in [0.717, 1.165) is 25.9 Å². The quantitative estimate of drug-likeness (QED) is 0.867. The minimum atomic E-state index is -0.302. The fourth-order valence-corrected chi connectivity index (χ4v) is 3.13. The first-order valence-electron chi connectivity index (χ1n) is 7.11. The van der Waals surface area contributed by atoms with Gasteiger partial charge in [0, 0.05) is 12.6 Å². The predicted octanol–water partition coefficient (Wildman–Crippen LogP) is 0.801. The van der Waals surface area contributed by atoms with Gasteiger partial charge in [-0.1, -0.05) is 13.3 Å². The van der Waals surface area contributed by atoms with Crippen LogP contribution in [0.25, 0.3) is 0 Å². The molecular formula is C14H19N3O3. The van der Waals surface area contributed by atoms with Crippen molar-refractivity contribution in [2.45, 2.75) is 31.8 Å². The predicted molar refractivity (Wildman–Crippen MR) is 72.5 cm³/mol. The highest BCUT2D eigenvalue weighted by atomic mass is 16.5. The van der Waals surface area contributed by atoms with Crippen LogP contribution in [0, 0.1) is 5.92 Å². The van der Waals surface area contributed by atoms with Gasteiger partial charge in [0.2, 0.25) is 0 Å². The van der Waals surface area contributed by atoms with Gasteiger partial charge in [-0.05, 0) is 24.8 Å². The van der Waals surface area contributed by atoms with E-state index in [1.54, 1.807) is 4.90 Å². The van der Waals surface area contributed by atoms with Gasteiger partial charge in [0.05, 0.1) is 18.8 Å². The van der Waals surface area contributed by atoms with Crippen LogP contribution in [0.1, 0.15) is 36.7 Å². The topological polar surface area (TPSA) is 75.3 Å². The smallest absolute Gasteiger partial charge is 0.274 e. The third-order valence-electron chi connectivity index (χ3n) is 4.37. The molecule has 1 amide bonds. The van der Waals surface area contributed by atoms with Gasteiger partial charge in [0.15, 0.2) is 0 Å². The summed E-state index contributed by atoms with van der Waals surface area (Å²) < 4.78 is 5.97. The Balaban J connectivity index is 1.69. The Morgan fingerprint density at radius 3 is 3.10 bits per heavy atom. The molecule has 20 heavy (non-hydrogen) atoms. The molecule has 1 aromatic heterocycles. The fourth-order valence-electron chi connectivity index (χ4n) is 3.13. The van der Waals surface area contributed by atoms with Crippen molar-refractivity contribution in [1.82, 2.24) is 15.1 Å². The number of ether oxygens (including phenoxy) is 1. The van der Waals surface area contributed by atoms with Crippen molar-refractivity contribution in [3.8, 4) is 0 Å². The second-order valence-corrected chi connectivity index (χ2v) is 5.76. The van der Waals surface area contributed by atoms with Gasteiger partial charge in [0.25, 0.3) is 11.5 Å². The molecule has 0 bridgehead atoms. The molecule has 108 valence electrons. The number of hydrogen-bond acceptors (Lipinski definition) is 4. The van der Waals surface area contributed by atoms with Crippen LogP contribution < -0.4 is 5.56 Å². The number of aromatic amines is 1. The van der Waals surface area contributed by atoms with Crippen LogP contribution in [0.5, 0.6) is 0 Å². The third-order valence-corrected chi connectivity index (χ3v) is 4.37. The molecule has 6 heteroatoms. The number of carbonyl (C=O) groups is 1. The molecule has 2 aliphatic heterocycles. The first-order chi connectivity index (χ1) is 9.62. The molecule has 2 saturated heterocycles. The highest BCUT2D eigenvalue weighted by Crippen LogP contribution is 2.39. The number of aromatic nitrogens is 2. The SMILES string of the molecule is CCC1COC2(CCN(C(=O)c3ccc(=O)[nH]n3)C2)C1. The Hall–Kier alpha value is -1.69. The molecule has 1 aromatic rings. The van der Waals surface area contributed by atoms with Crippen LogP contribution in [0.4, 0.5) is 0 Å². The number of nitrogens with zero attached hydrogens (tertiary/aromatic N) is 2. The van der Waals surface area contributed by atoms with Crippen LogP contribution in [0.15, 0.2) is 16.9 Å². The molecule has 2 fully saturated rings. The van der Waals surface area contributed by atoms with E-state index in [2.05, 4.69) is 17.1 Å². The summed E-state index contributed by atoms with van der Waals surface area (Å²) in [5, 5.41) is 6.10. The van der Waals surface area contributed by atoms with Gasteiger partial charge in [-0.3, -0.25) is 9.59 Å². The lowest BCUT2D eigenvalue weighted by Crippen LogP contribution is -2.36. The molecule has 0 aromatic carbocycles. The summed E-state index contributed by atoms with van der Waals surface area (Å²) in [5.74, 6) is 0.470. The standard InChI is InChI=1S/C14H19N3O3/c1-2-10-7-14(20-8-10)5-6-17(9-14)13(19)11-3-4-12(18)16-15-11/h3-4,10H,2,5-9H2,1H3,(H,16,18). The fraction of sp³-hybridized carbons (Fsp3) is 0.643. The van der Waals surface area contributed by atoms with E-state index in [4.69, 9.17) is 4.74 Å². The Morgan fingerprint density at radius 2 is 2.45 bits per heavy atom. The first kappa shape index (κ1) is 13.3. The van der Waals surface area contributed by atoms with E-state index in [0.29, 0.717) is 19.0 Å². The highest BCUT2D eigenvalue weighted by Gasteiger charge is 2.46. The van der Waals surface area contributed by atoms with Crippen LogP contribution in [-0.2, 0) is 4.74 Å². The van der Waals surface area contributed by atoms with Crippen molar-refractivity contribution >= 4 is 5.91 Å². The number of hydrogen-bond donors (Lipinski definition) is 1. The maximum atomic E-state index is 12.3. The normalized spacial score (nSPS) is 29.2. The molecule has 3 heterocycles. The van der Waals surface area contributed by atoms with Crippen LogP contribution >= 0.6 is 0 Å². The van der Waals surface area contributed by atoms with E-state index in [-0.39, 0.29) is 22.8 Å². The Morgan fingerprint density at radius 1 is 1.60 bits per heavy atom. The molecule has 1 spiro atoms. The highest BCUT2D eigenvalue weighted by molar-refractivity contribution is 5.92. The average molecular weight is 277 g/mol. The maximum Gasteiger partial charge on any atom is 0.274 e. The first-order valence-corrected chi connectivity index (χ1v) is 7.11. The second-order valence-electron chi connectivity index (χ2n) is 5.76. The molecule has 6 nitrogen and oxygen atoms in total. The molecular weight excluding hydrogens is 258 g/mol. The Bertz CT molecular complexity index is 551. The largest absolute Gasteiger partial charge is 0.373 e. The zero-order chi connectivity index (χ0) is 14.2. The summed E-state index contributed by atoms with van der Waals surface area (Å²) in [6.45, 7) is 4.30. The minimum Gasteiger partial charge on any atom is -0.373 e. The van der Waals surface area contributed by atoms with Crippen LogP contribution in [0.2, 0.25) is 0 Å². The van der Waals surface area contributed by atoms with Crippen LogP contribution in [0.3, 0.4) is 0 Å². The van der Waals surface area contributed by atoms with Crippen molar-refractivity contribution in [3.05, 3.63) is 28.2 Å². The van der Waals surface area contributed by atoms with Crippen LogP contribution in [-0.4, -0.2) is 46.3 Å². The Labute approximate surface area is 117 Å². The van der Waals surface area contributed by atoms with Gasteiger partial charge < -0.3 is 9.64 Å². The lowest BCUT2D eigenvalue weighted by atomic mass is 9.92. The summed E-state index contributed by atoms with van der Waals surface area (Å²) in [4.78, 5) is 25.1. The van der Waals surface area contributed by atoms with E-state index in [9.17, 15) is 9.59 Å². The molecule has 0 radical (unpaired) electrons. The average Bonchev–Trinajstić information content (AvgIpc) is 3.07. The summed E-state index contributed by atoms with van der Waals surface area (Å²) in [5.41, 5.74) is -0.172. The zero-order valence-electron chi connectivity index (χ0n) is 11.6. The number of amides is 1. The second kappa shape index (κ2) is 5.01. The maximum absolute atomic E-state index is 12.3. The van der Waals surface area contributed by atoms with E-state index in [1.165, 1.54) is 12.1 Å². The molecule has 3 rings (SSSR count). The molecule has 2 atom stereocenters. The van der Waals surface area contributed by atoms with Crippen molar-refractivity contribution in [2.75, 3.05) is 19.7 Å². The number of carbonyl (C=O) groups excluding carboxylic acids is 1. The molecule has 1 N–H and O–H groups in total. The van der Waals surface area contributed by atoms with E-state index < -0.39 is 0 Å². The Kier molecular flexibility index (Phi) is 3.33. The molecule has 2 aliphatic rings. The van der Waals surface area contributed by atoms with Crippen molar-refractivity contribution in [1.29, 1.82) is 0 Å². The van der Waals surface area contributed by atoms with Gasteiger partial charge in [-0.25, -0.2) is 5.10 Å². The molecule has 2 unspecified atom stereocenters. The molecule has 0 saturated carbocycles. The number of nitrogens with one attached hydrogen (secondary N) is 1. The lowest BCUT2D eigenvalue weighted by Gasteiger charge is -2.23. The number of H-pyrrole nitrogens is 1. The number of rotatable bonds is 2. The van der Waals surface area contributed by atoms with Gasteiger partial charge in [-0.15, -0.1) is 0 Å². The lowest BCUT2D eigenvalue weighted by molar-refractivity contribution is 0.0115.